The molecule has 1 aromatic rings. The highest BCUT2D eigenvalue weighted by molar-refractivity contribution is 7.89. The number of carboxylic acids is 1. The Morgan fingerprint density at radius 3 is 2.35 bits per heavy atom. The van der Waals surface area contributed by atoms with Gasteiger partial charge in [-0.05, 0) is 44.9 Å². The average Bonchev–Trinajstić information content (AvgIpc) is 2.55. The summed E-state index contributed by atoms with van der Waals surface area (Å²) in [6, 6.07) is 2.59. The Kier molecular flexibility index (Phi) is 5.32. The highest BCUT2D eigenvalue weighted by atomic mass is 32.2. The van der Waals surface area contributed by atoms with Crippen LogP contribution >= 0.6 is 0 Å². The lowest BCUT2D eigenvalue weighted by molar-refractivity contribution is -0.142. The van der Waals surface area contributed by atoms with E-state index < -0.39 is 16.0 Å². The second-order valence-corrected chi connectivity index (χ2v) is 7.29. The number of sulfonamides is 1. The first-order chi connectivity index (χ1) is 10.8. The minimum absolute atomic E-state index is 0.0705. The van der Waals surface area contributed by atoms with Crippen molar-refractivity contribution in [1.82, 2.24) is 15.0 Å². The quantitative estimate of drug-likeness (QED) is 0.710. The number of carbonyl (C=O) groups is 2. The fourth-order valence-corrected chi connectivity index (χ4v) is 3.18. The van der Waals surface area contributed by atoms with Crippen LogP contribution in [0.4, 0.5) is 0 Å². The molecular weight excluding hydrogens is 322 g/mol. The number of hydrogen-bond donors (Lipinski definition) is 3. The highest BCUT2D eigenvalue weighted by Gasteiger charge is 2.27. The molecule has 8 nitrogen and oxygen atoms in total. The molecule has 1 aliphatic rings. The van der Waals surface area contributed by atoms with Crippen LogP contribution in [-0.4, -0.2) is 43.5 Å². The molecule has 23 heavy (non-hydrogen) atoms. The van der Waals surface area contributed by atoms with E-state index >= 15 is 0 Å². The lowest BCUT2D eigenvalue weighted by Gasteiger charge is -2.26. The van der Waals surface area contributed by atoms with Crippen molar-refractivity contribution < 1.29 is 23.1 Å². The molecule has 1 saturated carbocycles. The van der Waals surface area contributed by atoms with Gasteiger partial charge in [0, 0.05) is 12.2 Å². The van der Waals surface area contributed by atoms with Crippen molar-refractivity contribution >= 4 is 21.9 Å². The van der Waals surface area contributed by atoms with E-state index in [1.165, 1.54) is 25.4 Å². The van der Waals surface area contributed by atoms with Crippen LogP contribution in [0.3, 0.4) is 0 Å². The van der Waals surface area contributed by atoms with Gasteiger partial charge in [-0.25, -0.2) is 18.1 Å². The second kappa shape index (κ2) is 7.05. The van der Waals surface area contributed by atoms with E-state index in [-0.39, 0.29) is 28.5 Å². The molecule has 0 saturated heterocycles. The SMILES string of the molecule is CNS(=O)(=O)c1ccc(C(=O)NC2CCC(C(=O)O)CC2)cn1. The third kappa shape index (κ3) is 4.26. The van der Waals surface area contributed by atoms with Crippen molar-refractivity contribution in [2.24, 2.45) is 5.92 Å². The number of carboxylic acid groups (broad SMARTS) is 1. The second-order valence-electron chi connectivity index (χ2n) is 5.45. The van der Waals surface area contributed by atoms with Gasteiger partial charge in [0.2, 0.25) is 0 Å². The summed E-state index contributed by atoms with van der Waals surface area (Å²) < 4.78 is 25.3. The molecular formula is C14H19N3O5S. The molecule has 0 atom stereocenters. The molecule has 0 aromatic carbocycles. The zero-order valence-corrected chi connectivity index (χ0v) is 13.5. The van der Waals surface area contributed by atoms with Crippen LogP contribution < -0.4 is 10.0 Å². The van der Waals surface area contributed by atoms with Gasteiger partial charge in [0.1, 0.15) is 0 Å². The third-order valence-corrected chi connectivity index (χ3v) is 5.28. The van der Waals surface area contributed by atoms with Crippen molar-refractivity contribution in [2.45, 2.75) is 36.8 Å². The fourth-order valence-electron chi connectivity index (χ4n) is 2.53. The van der Waals surface area contributed by atoms with Crippen molar-refractivity contribution in [3.05, 3.63) is 23.9 Å². The average molecular weight is 341 g/mol. The molecule has 0 spiro atoms. The molecule has 0 bridgehead atoms. The highest BCUT2D eigenvalue weighted by Crippen LogP contribution is 2.24. The van der Waals surface area contributed by atoms with Gasteiger partial charge >= 0.3 is 5.97 Å². The predicted molar refractivity (Wildman–Crippen MR) is 81.3 cm³/mol. The van der Waals surface area contributed by atoms with Gasteiger partial charge in [-0.2, -0.15) is 0 Å². The Bertz CT molecular complexity index is 679. The largest absolute Gasteiger partial charge is 0.481 e. The van der Waals surface area contributed by atoms with E-state index in [2.05, 4.69) is 15.0 Å². The maximum Gasteiger partial charge on any atom is 0.306 e. The van der Waals surface area contributed by atoms with Gasteiger partial charge in [0.25, 0.3) is 15.9 Å². The number of nitrogens with zero attached hydrogens (tertiary/aromatic N) is 1. The smallest absolute Gasteiger partial charge is 0.306 e. The van der Waals surface area contributed by atoms with Crippen molar-refractivity contribution in [1.29, 1.82) is 0 Å². The number of amides is 1. The first-order valence-corrected chi connectivity index (χ1v) is 8.75. The van der Waals surface area contributed by atoms with E-state index in [1.807, 2.05) is 0 Å². The van der Waals surface area contributed by atoms with Crippen molar-refractivity contribution in [3.63, 3.8) is 0 Å². The Morgan fingerprint density at radius 1 is 1.22 bits per heavy atom. The number of aromatic nitrogens is 1. The molecule has 1 fully saturated rings. The van der Waals surface area contributed by atoms with Crippen molar-refractivity contribution in [2.75, 3.05) is 7.05 Å². The molecule has 1 aliphatic carbocycles. The van der Waals surface area contributed by atoms with Crippen LogP contribution in [0.15, 0.2) is 23.4 Å². The summed E-state index contributed by atoms with van der Waals surface area (Å²) in [6.45, 7) is 0. The van der Waals surface area contributed by atoms with Gasteiger partial charge in [-0.1, -0.05) is 0 Å². The molecule has 3 N–H and O–H groups in total. The Balaban J connectivity index is 1.95. The summed E-state index contributed by atoms with van der Waals surface area (Å²) in [6.07, 6.45) is 3.52. The molecule has 0 unspecified atom stereocenters. The lowest BCUT2D eigenvalue weighted by Crippen LogP contribution is -2.38. The number of pyridine rings is 1. The maximum absolute atomic E-state index is 12.1. The van der Waals surface area contributed by atoms with Crippen LogP contribution in [-0.2, 0) is 14.8 Å². The number of hydrogen-bond acceptors (Lipinski definition) is 5. The molecule has 1 heterocycles. The van der Waals surface area contributed by atoms with Crippen LogP contribution in [0.2, 0.25) is 0 Å². The topological polar surface area (TPSA) is 125 Å². The van der Waals surface area contributed by atoms with Crippen LogP contribution in [0, 0.1) is 5.92 Å². The molecule has 0 radical (unpaired) electrons. The summed E-state index contributed by atoms with van der Waals surface area (Å²) in [5.74, 6) is -1.47. The fraction of sp³-hybridized carbons (Fsp3) is 0.500. The molecule has 1 amide bonds. The summed E-state index contributed by atoms with van der Waals surface area (Å²) in [7, 11) is -2.35. The summed E-state index contributed by atoms with van der Waals surface area (Å²) >= 11 is 0. The van der Waals surface area contributed by atoms with Gasteiger partial charge in [-0.15, -0.1) is 0 Å². The van der Waals surface area contributed by atoms with E-state index in [4.69, 9.17) is 5.11 Å². The van der Waals surface area contributed by atoms with Gasteiger partial charge in [0.15, 0.2) is 5.03 Å². The Hall–Kier alpha value is -2.00. The molecule has 126 valence electrons. The third-order valence-electron chi connectivity index (χ3n) is 3.95. The molecule has 2 rings (SSSR count). The van der Waals surface area contributed by atoms with Gasteiger partial charge < -0.3 is 10.4 Å². The first kappa shape index (κ1) is 17.4. The van der Waals surface area contributed by atoms with Crippen LogP contribution in [0.1, 0.15) is 36.0 Å². The summed E-state index contributed by atoms with van der Waals surface area (Å²) in [5.41, 5.74) is 0.264. The number of carbonyl (C=O) groups excluding carboxylic acids is 1. The number of nitrogens with one attached hydrogen (secondary N) is 2. The van der Waals surface area contributed by atoms with Crippen LogP contribution in [0.5, 0.6) is 0 Å². The van der Waals surface area contributed by atoms with E-state index in [1.54, 1.807) is 0 Å². The first-order valence-electron chi connectivity index (χ1n) is 7.26. The zero-order valence-electron chi connectivity index (χ0n) is 12.7. The van der Waals surface area contributed by atoms with Crippen molar-refractivity contribution in [3.8, 4) is 0 Å². The van der Waals surface area contributed by atoms with Gasteiger partial charge in [-0.3, -0.25) is 9.59 Å². The van der Waals surface area contributed by atoms with Crippen LogP contribution in [0.25, 0.3) is 0 Å². The van der Waals surface area contributed by atoms with E-state index in [0.717, 1.165) is 0 Å². The minimum atomic E-state index is -3.63. The van der Waals surface area contributed by atoms with E-state index in [0.29, 0.717) is 25.7 Å². The maximum atomic E-state index is 12.1. The molecule has 1 aromatic heterocycles. The zero-order chi connectivity index (χ0) is 17.0. The lowest BCUT2D eigenvalue weighted by atomic mass is 9.86. The molecule has 0 aliphatic heterocycles. The predicted octanol–water partition coefficient (Wildman–Crippen LogP) is 0.363. The Morgan fingerprint density at radius 2 is 1.87 bits per heavy atom. The summed E-state index contributed by atoms with van der Waals surface area (Å²) in [4.78, 5) is 26.8. The summed E-state index contributed by atoms with van der Waals surface area (Å²) in [5, 5.41) is 11.6. The number of rotatable bonds is 5. The molecule has 9 heteroatoms. The minimum Gasteiger partial charge on any atom is -0.481 e. The number of aliphatic carboxylic acids is 1. The normalized spacial score (nSPS) is 21.6. The van der Waals surface area contributed by atoms with Gasteiger partial charge in [0.05, 0.1) is 11.5 Å². The monoisotopic (exact) mass is 341 g/mol. The Labute approximate surface area is 134 Å². The standard InChI is InChI=1S/C14H19N3O5S/c1-15-23(21,22)12-7-4-10(8-16-12)13(18)17-11-5-2-9(3-6-11)14(19)20/h4,7-9,11,15H,2-3,5-6H2,1H3,(H,17,18)(H,19,20). The van der Waals surface area contributed by atoms with E-state index in [9.17, 15) is 18.0 Å².